The molecule has 0 saturated heterocycles. The molecule has 0 aliphatic rings. The van der Waals surface area contributed by atoms with E-state index in [4.69, 9.17) is 4.74 Å². The first-order valence-electron chi connectivity index (χ1n) is 8.96. The molecule has 0 atom stereocenters. The summed E-state index contributed by atoms with van der Waals surface area (Å²) in [5.41, 5.74) is 2.50. The van der Waals surface area contributed by atoms with E-state index >= 15 is 0 Å². The third-order valence-corrected chi connectivity index (χ3v) is 4.93. The van der Waals surface area contributed by atoms with Crippen LogP contribution in [0.1, 0.15) is 26.3 Å². The number of ether oxygens (including phenoxy) is 1. The van der Waals surface area contributed by atoms with Crippen LogP contribution in [-0.4, -0.2) is 22.4 Å². The molecule has 0 spiro atoms. The molecular formula is C22H24N2O2S. The van der Waals surface area contributed by atoms with Crippen LogP contribution < -0.4 is 5.32 Å². The smallest absolute Gasteiger partial charge is 0.412 e. The van der Waals surface area contributed by atoms with Crippen LogP contribution in [-0.2, 0) is 11.2 Å². The van der Waals surface area contributed by atoms with Crippen molar-refractivity contribution in [3.8, 4) is 0 Å². The Morgan fingerprint density at radius 1 is 1.07 bits per heavy atom. The molecule has 2 aromatic carbocycles. The quantitative estimate of drug-likeness (QED) is 0.559. The van der Waals surface area contributed by atoms with Gasteiger partial charge in [-0.2, -0.15) is 0 Å². The molecule has 3 rings (SSSR count). The maximum absolute atomic E-state index is 11.8. The number of nitrogens with one attached hydrogen (secondary N) is 1. The predicted octanol–water partition coefficient (Wildman–Crippen LogP) is 5.92. The fraction of sp³-hybridized carbons (Fsp3) is 0.273. The van der Waals surface area contributed by atoms with Gasteiger partial charge >= 0.3 is 6.09 Å². The molecule has 0 saturated carbocycles. The molecule has 0 unspecified atom stereocenters. The second-order valence-electron chi connectivity index (χ2n) is 7.25. The van der Waals surface area contributed by atoms with Crippen LogP contribution in [0.15, 0.2) is 65.7 Å². The molecule has 5 heteroatoms. The zero-order valence-electron chi connectivity index (χ0n) is 15.9. The molecule has 0 aliphatic carbocycles. The van der Waals surface area contributed by atoms with E-state index in [0.717, 1.165) is 23.4 Å². The first-order valence-corrected chi connectivity index (χ1v) is 9.95. The number of para-hydroxylation sites is 1. The minimum absolute atomic E-state index is 0.435. The average molecular weight is 381 g/mol. The van der Waals surface area contributed by atoms with Gasteiger partial charge in [-0.3, -0.25) is 10.3 Å². The number of thioether (sulfide) groups is 1. The highest BCUT2D eigenvalue weighted by molar-refractivity contribution is 7.99. The van der Waals surface area contributed by atoms with Crippen molar-refractivity contribution in [1.29, 1.82) is 0 Å². The Morgan fingerprint density at radius 2 is 1.81 bits per heavy atom. The molecular weight excluding hydrogens is 356 g/mol. The number of benzene rings is 2. The van der Waals surface area contributed by atoms with Gasteiger partial charge in [-0.05, 0) is 57.0 Å². The number of carbonyl (C=O) groups excluding carboxylic acids is 1. The first-order chi connectivity index (χ1) is 12.9. The van der Waals surface area contributed by atoms with E-state index in [1.807, 2.05) is 81.2 Å². The number of hydrogen-bond acceptors (Lipinski definition) is 4. The lowest BCUT2D eigenvalue weighted by Crippen LogP contribution is -2.27. The summed E-state index contributed by atoms with van der Waals surface area (Å²) in [4.78, 5) is 17.5. The van der Waals surface area contributed by atoms with E-state index in [-0.39, 0.29) is 0 Å². The highest BCUT2D eigenvalue weighted by Crippen LogP contribution is 2.27. The fourth-order valence-corrected chi connectivity index (χ4v) is 3.69. The van der Waals surface area contributed by atoms with Crippen LogP contribution >= 0.6 is 11.8 Å². The number of pyridine rings is 1. The summed E-state index contributed by atoms with van der Waals surface area (Å²) in [6, 6.07) is 18.2. The topological polar surface area (TPSA) is 51.2 Å². The number of amides is 1. The molecule has 0 radical (unpaired) electrons. The SMILES string of the molecule is CC(C)(C)OC(=O)Nc1ccc(CCSc2ccnc3ccccc23)cc1. The summed E-state index contributed by atoms with van der Waals surface area (Å²) in [5.74, 6) is 0.979. The minimum atomic E-state index is -0.502. The lowest BCUT2D eigenvalue weighted by Gasteiger charge is -2.19. The molecule has 0 aliphatic heterocycles. The average Bonchev–Trinajstić information content (AvgIpc) is 2.62. The number of nitrogens with zero attached hydrogens (tertiary/aromatic N) is 1. The molecule has 3 aromatic rings. The standard InChI is InChI=1S/C22H24N2O2S/c1-22(2,3)26-21(25)24-17-10-8-16(9-11-17)13-15-27-20-12-14-23-19-7-5-4-6-18(19)20/h4-12,14H,13,15H2,1-3H3,(H,24,25). The van der Waals surface area contributed by atoms with Gasteiger partial charge in [0.1, 0.15) is 5.60 Å². The summed E-state index contributed by atoms with van der Waals surface area (Å²) in [5, 5.41) is 3.95. The Morgan fingerprint density at radius 3 is 2.56 bits per heavy atom. The molecule has 140 valence electrons. The van der Waals surface area contributed by atoms with Crippen molar-refractivity contribution < 1.29 is 9.53 Å². The summed E-state index contributed by atoms with van der Waals surface area (Å²) in [6.45, 7) is 5.54. The number of anilines is 1. The third kappa shape index (κ3) is 5.73. The molecule has 1 amide bonds. The highest BCUT2D eigenvalue weighted by Gasteiger charge is 2.16. The van der Waals surface area contributed by atoms with Crippen LogP contribution in [0.25, 0.3) is 10.9 Å². The zero-order valence-corrected chi connectivity index (χ0v) is 16.7. The van der Waals surface area contributed by atoms with Gasteiger partial charge in [-0.1, -0.05) is 30.3 Å². The number of aromatic nitrogens is 1. The lowest BCUT2D eigenvalue weighted by molar-refractivity contribution is 0.0636. The largest absolute Gasteiger partial charge is 0.444 e. The van der Waals surface area contributed by atoms with E-state index in [2.05, 4.69) is 22.4 Å². The minimum Gasteiger partial charge on any atom is -0.444 e. The lowest BCUT2D eigenvalue weighted by atomic mass is 10.1. The molecule has 1 aromatic heterocycles. The number of hydrogen-bond donors (Lipinski definition) is 1. The van der Waals surface area contributed by atoms with Gasteiger partial charge < -0.3 is 4.74 Å². The van der Waals surface area contributed by atoms with Crippen molar-refractivity contribution in [2.45, 2.75) is 37.7 Å². The molecule has 4 nitrogen and oxygen atoms in total. The highest BCUT2D eigenvalue weighted by atomic mass is 32.2. The Hall–Kier alpha value is -2.53. The summed E-state index contributed by atoms with van der Waals surface area (Å²) in [7, 11) is 0. The van der Waals surface area contributed by atoms with Crippen LogP contribution in [0.5, 0.6) is 0 Å². The Bertz CT molecular complexity index is 912. The van der Waals surface area contributed by atoms with E-state index in [1.165, 1.54) is 15.8 Å². The van der Waals surface area contributed by atoms with Gasteiger partial charge in [0.2, 0.25) is 0 Å². The van der Waals surface area contributed by atoms with Crippen molar-refractivity contribution in [1.82, 2.24) is 4.98 Å². The van der Waals surface area contributed by atoms with Crippen molar-refractivity contribution in [3.63, 3.8) is 0 Å². The number of fused-ring (bicyclic) bond motifs is 1. The molecule has 27 heavy (non-hydrogen) atoms. The summed E-state index contributed by atoms with van der Waals surface area (Å²) < 4.78 is 5.26. The van der Waals surface area contributed by atoms with Crippen LogP contribution in [0.4, 0.5) is 10.5 Å². The van der Waals surface area contributed by atoms with E-state index in [9.17, 15) is 4.79 Å². The van der Waals surface area contributed by atoms with E-state index < -0.39 is 11.7 Å². The molecule has 1 heterocycles. The second kappa shape index (κ2) is 8.44. The van der Waals surface area contributed by atoms with Crippen LogP contribution in [0.2, 0.25) is 0 Å². The summed E-state index contributed by atoms with van der Waals surface area (Å²) in [6.07, 6.45) is 2.38. The molecule has 0 bridgehead atoms. The maximum atomic E-state index is 11.8. The van der Waals surface area contributed by atoms with Gasteiger partial charge in [-0.15, -0.1) is 11.8 Å². The fourth-order valence-electron chi connectivity index (χ4n) is 2.65. The Kier molecular flexibility index (Phi) is 6.01. The molecule has 1 N–H and O–H groups in total. The second-order valence-corrected chi connectivity index (χ2v) is 8.39. The predicted molar refractivity (Wildman–Crippen MR) is 112 cm³/mol. The van der Waals surface area contributed by atoms with Gasteiger partial charge in [0, 0.05) is 27.9 Å². The monoisotopic (exact) mass is 380 g/mol. The summed E-state index contributed by atoms with van der Waals surface area (Å²) >= 11 is 1.84. The van der Waals surface area contributed by atoms with Crippen molar-refractivity contribution in [2.24, 2.45) is 0 Å². The van der Waals surface area contributed by atoms with E-state index in [0.29, 0.717) is 0 Å². The Balaban J connectivity index is 1.54. The number of rotatable bonds is 5. The van der Waals surface area contributed by atoms with Gasteiger partial charge in [0.15, 0.2) is 0 Å². The zero-order chi connectivity index (χ0) is 19.3. The van der Waals surface area contributed by atoms with Gasteiger partial charge in [-0.25, -0.2) is 4.79 Å². The number of carbonyl (C=O) groups is 1. The van der Waals surface area contributed by atoms with E-state index in [1.54, 1.807) is 0 Å². The van der Waals surface area contributed by atoms with Crippen molar-refractivity contribution in [3.05, 3.63) is 66.4 Å². The van der Waals surface area contributed by atoms with Crippen molar-refractivity contribution >= 4 is 34.4 Å². The first kappa shape index (κ1) is 19.2. The van der Waals surface area contributed by atoms with Gasteiger partial charge in [0.25, 0.3) is 0 Å². The van der Waals surface area contributed by atoms with Crippen LogP contribution in [0.3, 0.4) is 0 Å². The number of aryl methyl sites for hydroxylation is 1. The van der Waals surface area contributed by atoms with Gasteiger partial charge in [0.05, 0.1) is 5.52 Å². The van der Waals surface area contributed by atoms with Crippen molar-refractivity contribution in [2.75, 3.05) is 11.1 Å². The molecule has 0 fully saturated rings. The van der Waals surface area contributed by atoms with Crippen LogP contribution in [0, 0.1) is 0 Å². The Labute approximate surface area is 164 Å². The maximum Gasteiger partial charge on any atom is 0.412 e. The third-order valence-electron chi connectivity index (χ3n) is 3.86. The normalized spacial score (nSPS) is 11.4.